The maximum Gasteiger partial charge on any atom is 0.394 e. The number of benzene rings is 1. The molecule has 1 fully saturated rings. The minimum atomic E-state index is 0.197. The van der Waals surface area contributed by atoms with Gasteiger partial charge in [0.15, 0.2) is 5.58 Å². The van der Waals surface area contributed by atoms with Gasteiger partial charge in [-0.3, -0.25) is 0 Å². The van der Waals surface area contributed by atoms with Crippen LogP contribution in [-0.2, 0) is 0 Å². The molecule has 1 aromatic carbocycles. The van der Waals surface area contributed by atoms with Crippen molar-refractivity contribution in [3.05, 3.63) is 24.3 Å². The quantitative estimate of drug-likeness (QED) is 0.864. The number of rotatable bonds is 2. The lowest BCUT2D eigenvalue weighted by Crippen LogP contribution is -2.31. The Labute approximate surface area is 99.8 Å². The normalized spacial score (nSPS) is 25.0. The van der Waals surface area contributed by atoms with Crippen LogP contribution in [-0.4, -0.2) is 17.1 Å². The van der Waals surface area contributed by atoms with E-state index in [0.29, 0.717) is 12.1 Å². The third kappa shape index (κ3) is 2.26. The Balaban J connectivity index is 1.72. The van der Waals surface area contributed by atoms with Crippen molar-refractivity contribution in [2.75, 3.05) is 0 Å². The molecule has 0 bridgehead atoms. The summed E-state index contributed by atoms with van der Waals surface area (Å²) in [6.45, 7) is 0. The highest BCUT2D eigenvalue weighted by molar-refractivity contribution is 5.72. The van der Waals surface area contributed by atoms with Gasteiger partial charge in [-0.1, -0.05) is 12.1 Å². The highest BCUT2D eigenvalue weighted by Crippen LogP contribution is 2.25. The van der Waals surface area contributed by atoms with Gasteiger partial charge in [0.25, 0.3) is 0 Å². The summed E-state index contributed by atoms with van der Waals surface area (Å²) >= 11 is 0. The zero-order valence-corrected chi connectivity index (χ0v) is 9.63. The molecule has 1 saturated carbocycles. The Morgan fingerprint density at radius 1 is 1.18 bits per heavy atom. The van der Waals surface area contributed by atoms with Gasteiger partial charge in [-0.25, -0.2) is 0 Å². The number of aromatic nitrogens is 1. The standard InChI is InChI=1S/C13H16N2O2/c14-9-5-7-10(8-6-9)16-13-15-11-3-1-2-4-12(11)17-13/h1-4,9-10H,5-8,14H2. The maximum atomic E-state index is 5.86. The first-order valence-corrected chi connectivity index (χ1v) is 6.09. The van der Waals surface area contributed by atoms with Crippen LogP contribution >= 0.6 is 0 Å². The number of para-hydroxylation sites is 2. The summed E-state index contributed by atoms with van der Waals surface area (Å²) < 4.78 is 11.3. The highest BCUT2D eigenvalue weighted by Gasteiger charge is 2.21. The second-order valence-electron chi connectivity index (χ2n) is 4.60. The van der Waals surface area contributed by atoms with Crippen molar-refractivity contribution < 1.29 is 9.15 Å². The number of nitrogens with two attached hydrogens (primary N) is 1. The van der Waals surface area contributed by atoms with E-state index in [1.807, 2.05) is 24.3 Å². The topological polar surface area (TPSA) is 61.3 Å². The smallest absolute Gasteiger partial charge is 0.394 e. The monoisotopic (exact) mass is 232 g/mol. The van der Waals surface area contributed by atoms with Crippen LogP contribution in [0.1, 0.15) is 25.7 Å². The summed E-state index contributed by atoms with van der Waals surface area (Å²) in [7, 11) is 0. The van der Waals surface area contributed by atoms with Gasteiger partial charge in [-0.2, -0.15) is 4.98 Å². The molecule has 3 rings (SSSR count). The second kappa shape index (κ2) is 4.37. The zero-order valence-electron chi connectivity index (χ0n) is 9.63. The van der Waals surface area contributed by atoms with Gasteiger partial charge in [0.1, 0.15) is 11.6 Å². The fourth-order valence-corrected chi connectivity index (χ4v) is 2.25. The third-order valence-corrected chi connectivity index (χ3v) is 3.26. The summed E-state index contributed by atoms with van der Waals surface area (Å²) in [5, 5.41) is 0. The number of ether oxygens (including phenoxy) is 1. The molecule has 0 spiro atoms. The molecular weight excluding hydrogens is 216 g/mol. The van der Waals surface area contributed by atoms with Crippen LogP contribution in [0.3, 0.4) is 0 Å². The van der Waals surface area contributed by atoms with E-state index in [1.54, 1.807) is 0 Å². The molecule has 1 aliphatic carbocycles. The molecule has 1 aromatic heterocycles. The fraction of sp³-hybridized carbons (Fsp3) is 0.462. The Morgan fingerprint density at radius 2 is 1.94 bits per heavy atom. The predicted molar refractivity (Wildman–Crippen MR) is 64.9 cm³/mol. The van der Waals surface area contributed by atoms with Crippen LogP contribution in [0.25, 0.3) is 11.1 Å². The summed E-state index contributed by atoms with van der Waals surface area (Å²) in [5.74, 6) is 0. The maximum absolute atomic E-state index is 5.86. The molecule has 0 radical (unpaired) electrons. The summed E-state index contributed by atoms with van der Waals surface area (Å²) in [5.41, 5.74) is 7.47. The Morgan fingerprint density at radius 3 is 2.71 bits per heavy atom. The average molecular weight is 232 g/mol. The summed E-state index contributed by atoms with van der Waals surface area (Å²) in [6.07, 6.45) is 4.59. The van der Waals surface area contributed by atoms with Crippen LogP contribution in [0, 0.1) is 0 Å². The minimum Gasteiger partial charge on any atom is -0.447 e. The average Bonchev–Trinajstić information content (AvgIpc) is 2.74. The van der Waals surface area contributed by atoms with Gasteiger partial charge in [-0.15, -0.1) is 0 Å². The molecule has 0 atom stereocenters. The second-order valence-corrected chi connectivity index (χ2v) is 4.60. The van der Waals surface area contributed by atoms with Crippen LogP contribution < -0.4 is 10.5 Å². The van der Waals surface area contributed by atoms with E-state index in [1.165, 1.54) is 0 Å². The molecule has 4 nitrogen and oxygen atoms in total. The molecule has 2 N–H and O–H groups in total. The molecule has 1 aliphatic rings. The van der Waals surface area contributed by atoms with Gasteiger partial charge in [0, 0.05) is 6.04 Å². The van der Waals surface area contributed by atoms with Gasteiger partial charge in [-0.05, 0) is 37.8 Å². The number of nitrogens with zero attached hydrogens (tertiary/aromatic N) is 1. The van der Waals surface area contributed by atoms with E-state index < -0.39 is 0 Å². The van der Waals surface area contributed by atoms with E-state index in [-0.39, 0.29) is 6.10 Å². The van der Waals surface area contributed by atoms with Crippen molar-refractivity contribution in [1.29, 1.82) is 0 Å². The SMILES string of the molecule is NC1CCC(Oc2nc3ccccc3o2)CC1. The fourth-order valence-electron chi connectivity index (χ4n) is 2.25. The Bertz CT molecular complexity index is 468. The molecule has 2 aromatic rings. The molecule has 4 heteroatoms. The number of hydrogen-bond acceptors (Lipinski definition) is 4. The largest absolute Gasteiger partial charge is 0.447 e. The third-order valence-electron chi connectivity index (χ3n) is 3.26. The van der Waals surface area contributed by atoms with Crippen LogP contribution in [0.4, 0.5) is 0 Å². The zero-order chi connectivity index (χ0) is 11.7. The van der Waals surface area contributed by atoms with Crippen molar-refractivity contribution in [3.63, 3.8) is 0 Å². The van der Waals surface area contributed by atoms with Crippen molar-refractivity contribution >= 4 is 11.1 Å². The lowest BCUT2D eigenvalue weighted by molar-refractivity contribution is 0.110. The molecular formula is C13H16N2O2. The number of hydrogen-bond donors (Lipinski definition) is 1. The summed E-state index contributed by atoms with van der Waals surface area (Å²) in [6, 6.07) is 8.01. The van der Waals surface area contributed by atoms with E-state index >= 15 is 0 Å². The van der Waals surface area contributed by atoms with Crippen molar-refractivity contribution in [3.8, 4) is 6.08 Å². The van der Waals surface area contributed by atoms with Crippen LogP contribution in [0.2, 0.25) is 0 Å². The molecule has 17 heavy (non-hydrogen) atoms. The molecule has 0 unspecified atom stereocenters. The van der Waals surface area contributed by atoms with E-state index in [0.717, 1.165) is 36.8 Å². The first kappa shape index (κ1) is 10.6. The predicted octanol–water partition coefficient (Wildman–Crippen LogP) is 2.48. The van der Waals surface area contributed by atoms with Gasteiger partial charge in [0.05, 0.1) is 0 Å². The van der Waals surface area contributed by atoms with E-state index in [4.69, 9.17) is 14.9 Å². The van der Waals surface area contributed by atoms with Gasteiger partial charge in [0.2, 0.25) is 0 Å². The first-order chi connectivity index (χ1) is 8.31. The van der Waals surface area contributed by atoms with E-state index in [9.17, 15) is 0 Å². The minimum absolute atomic E-state index is 0.197. The van der Waals surface area contributed by atoms with Crippen LogP contribution in [0.5, 0.6) is 6.08 Å². The van der Waals surface area contributed by atoms with Crippen molar-refractivity contribution in [2.45, 2.75) is 37.8 Å². The van der Waals surface area contributed by atoms with Crippen molar-refractivity contribution in [1.82, 2.24) is 4.98 Å². The molecule has 1 heterocycles. The number of fused-ring (bicyclic) bond motifs is 1. The summed E-state index contributed by atoms with van der Waals surface area (Å²) in [4.78, 5) is 4.31. The van der Waals surface area contributed by atoms with Crippen LogP contribution in [0.15, 0.2) is 28.7 Å². The first-order valence-electron chi connectivity index (χ1n) is 6.09. The Kier molecular flexibility index (Phi) is 2.73. The molecule has 0 amide bonds. The highest BCUT2D eigenvalue weighted by atomic mass is 16.6. The number of oxazole rings is 1. The lowest BCUT2D eigenvalue weighted by atomic mass is 9.94. The van der Waals surface area contributed by atoms with Gasteiger partial charge >= 0.3 is 6.08 Å². The van der Waals surface area contributed by atoms with E-state index in [2.05, 4.69) is 4.98 Å². The molecule has 0 aliphatic heterocycles. The molecule has 0 saturated heterocycles. The van der Waals surface area contributed by atoms with Crippen molar-refractivity contribution in [2.24, 2.45) is 5.73 Å². The lowest BCUT2D eigenvalue weighted by Gasteiger charge is -2.24. The Hall–Kier alpha value is -1.55. The van der Waals surface area contributed by atoms with Gasteiger partial charge < -0.3 is 14.9 Å². The molecule has 90 valence electrons.